The van der Waals surface area contributed by atoms with Crippen molar-refractivity contribution < 1.29 is 0 Å². The Bertz CT molecular complexity index is 92.7. The first kappa shape index (κ1) is 17.1. The summed E-state index contributed by atoms with van der Waals surface area (Å²) in [6.07, 6.45) is 28.5. The molecule has 0 heterocycles. The largest absolute Gasteiger partial charge is 0.0533 e. The summed E-state index contributed by atoms with van der Waals surface area (Å²) in [5.74, 6) is 0. The maximum atomic E-state index is 1.50. The van der Waals surface area contributed by atoms with Crippen LogP contribution in [0.1, 0.15) is 122 Å². The third-order valence-electron chi connectivity index (χ3n) is 4.35. The molecule has 0 spiro atoms. The second-order valence-corrected chi connectivity index (χ2v) is 6.72. The second kappa shape index (κ2) is 14.4. The van der Waals surface area contributed by atoms with E-state index >= 15 is 0 Å². The summed E-state index contributed by atoms with van der Waals surface area (Å²) in [5.41, 5.74) is 0. The Hall–Kier alpha value is 0. The van der Waals surface area contributed by atoms with Crippen molar-refractivity contribution in [2.75, 3.05) is 0 Å². The van der Waals surface area contributed by atoms with Crippen molar-refractivity contribution in [2.24, 2.45) is 0 Å². The average Bonchev–Trinajstić information content (AvgIpc) is 2.67. The maximum absolute atomic E-state index is 1.50. The van der Waals surface area contributed by atoms with Crippen molar-refractivity contribution in [1.29, 1.82) is 0 Å². The topological polar surface area (TPSA) is 0 Å². The summed E-state index contributed by atoms with van der Waals surface area (Å²) in [4.78, 5) is 0. The van der Waals surface area contributed by atoms with Gasteiger partial charge in [0.25, 0.3) is 0 Å². The van der Waals surface area contributed by atoms with Gasteiger partial charge in [0, 0.05) is 0 Å². The van der Waals surface area contributed by atoms with Crippen molar-refractivity contribution in [2.45, 2.75) is 122 Å². The molecule has 5 aliphatic carbocycles. The Labute approximate surface area is 122 Å². The molecule has 19 heavy (non-hydrogen) atoms. The van der Waals surface area contributed by atoms with Crippen LogP contribution in [-0.4, -0.2) is 0 Å². The summed E-state index contributed by atoms with van der Waals surface area (Å²) in [6.45, 7) is 0. The van der Waals surface area contributed by atoms with Gasteiger partial charge in [-0.1, -0.05) is 122 Å². The van der Waals surface area contributed by atoms with E-state index in [1.54, 1.807) is 0 Å². The van der Waals surface area contributed by atoms with Crippen LogP contribution in [0.15, 0.2) is 0 Å². The minimum atomic E-state index is 1.50. The first-order chi connectivity index (χ1) is 9.50. The van der Waals surface area contributed by atoms with Gasteiger partial charge in [0.1, 0.15) is 0 Å². The number of hydrogen-bond acceptors (Lipinski definition) is 0. The highest BCUT2D eigenvalue weighted by Crippen LogP contribution is 2.16. The van der Waals surface area contributed by atoms with Gasteiger partial charge in [-0.05, 0) is 0 Å². The zero-order valence-electron chi connectivity index (χ0n) is 13.4. The molecule has 5 saturated carbocycles. The molecule has 0 amide bonds. The first-order valence-corrected chi connectivity index (χ1v) is 9.50. The Morgan fingerprint density at radius 3 is 0.158 bits per heavy atom. The van der Waals surface area contributed by atoms with E-state index in [0.717, 1.165) is 0 Å². The van der Waals surface area contributed by atoms with Crippen molar-refractivity contribution in [3.05, 3.63) is 0 Å². The van der Waals surface area contributed by atoms with Crippen LogP contribution < -0.4 is 0 Å². The second-order valence-electron chi connectivity index (χ2n) is 6.72. The molecule has 0 aliphatic heterocycles. The lowest BCUT2D eigenvalue weighted by Crippen LogP contribution is -1.85. The van der Waals surface area contributed by atoms with Crippen LogP contribution in [0.25, 0.3) is 0 Å². The third kappa shape index (κ3) is 15.9. The van der Waals surface area contributed by atoms with Gasteiger partial charge in [-0.25, -0.2) is 0 Å². The minimum Gasteiger partial charge on any atom is -0.0533 e. The fourth-order valence-electron chi connectivity index (χ4n) is 1.000. The van der Waals surface area contributed by atoms with E-state index < -0.39 is 0 Å². The van der Waals surface area contributed by atoms with E-state index in [4.69, 9.17) is 0 Å². The number of hydrogen-bond donors (Lipinski definition) is 0. The minimum absolute atomic E-state index is 1.50. The molecule has 0 aromatic heterocycles. The molecule has 5 fully saturated rings. The smallest absolute Gasteiger partial charge is 0.0533 e. The summed E-state index contributed by atoms with van der Waals surface area (Å²) in [7, 11) is 0. The van der Waals surface area contributed by atoms with Crippen LogP contribution in [-0.2, 0) is 0 Å². The van der Waals surface area contributed by atoms with Gasteiger partial charge < -0.3 is 0 Å². The SMILES string of the molecule is C1CC1.C1CCC1.C1CCC1.C1CCC1.C1CCC1. The molecule has 0 aromatic rings. The lowest BCUT2D eigenvalue weighted by molar-refractivity contribution is 0.504. The highest BCUT2D eigenvalue weighted by Gasteiger charge is 1.96. The van der Waals surface area contributed by atoms with E-state index in [-0.39, 0.29) is 0 Å². The normalized spacial score (nSPS) is 24.0. The van der Waals surface area contributed by atoms with Crippen LogP contribution >= 0.6 is 0 Å². The molecule has 0 bridgehead atoms. The highest BCUT2D eigenvalue weighted by atomic mass is 14.0. The molecule has 114 valence electrons. The third-order valence-corrected chi connectivity index (χ3v) is 4.35. The lowest BCUT2D eigenvalue weighted by atomic mass is 10.0. The maximum Gasteiger partial charge on any atom is -0.0533 e. The van der Waals surface area contributed by atoms with Crippen molar-refractivity contribution in [3.63, 3.8) is 0 Å². The molecular weight excluding hydrogens is 228 g/mol. The quantitative estimate of drug-likeness (QED) is 0.428. The van der Waals surface area contributed by atoms with Crippen LogP contribution in [0.4, 0.5) is 0 Å². The summed E-state index contributed by atoms with van der Waals surface area (Å²) >= 11 is 0. The zero-order chi connectivity index (χ0) is 13.4. The van der Waals surface area contributed by atoms with Gasteiger partial charge in [0.15, 0.2) is 0 Å². The van der Waals surface area contributed by atoms with Gasteiger partial charge >= 0.3 is 0 Å². The predicted molar refractivity (Wildman–Crippen MR) is 87.7 cm³/mol. The van der Waals surface area contributed by atoms with Crippen molar-refractivity contribution >= 4 is 0 Å². The molecule has 0 saturated heterocycles. The Morgan fingerprint density at radius 1 is 0.105 bits per heavy atom. The van der Waals surface area contributed by atoms with Crippen LogP contribution in [0, 0.1) is 0 Å². The molecule has 0 atom stereocenters. The number of rotatable bonds is 0. The van der Waals surface area contributed by atoms with E-state index in [9.17, 15) is 0 Å². The van der Waals surface area contributed by atoms with E-state index in [1.807, 2.05) is 0 Å². The molecule has 5 aliphatic rings. The fourth-order valence-corrected chi connectivity index (χ4v) is 1.000. The molecule has 0 heteroatoms. The Kier molecular flexibility index (Phi) is 12.9. The molecular formula is C19H38. The standard InChI is InChI=1S/4C4H8.C3H6/c4*1-2-4-3-1;1-2-3-1/h4*1-4H2;1-3H2. The van der Waals surface area contributed by atoms with Crippen LogP contribution in [0.3, 0.4) is 0 Å². The molecule has 0 aromatic carbocycles. The monoisotopic (exact) mass is 266 g/mol. The van der Waals surface area contributed by atoms with Gasteiger partial charge in [-0.3, -0.25) is 0 Å². The summed E-state index contributed by atoms with van der Waals surface area (Å²) < 4.78 is 0. The first-order valence-electron chi connectivity index (χ1n) is 9.50. The van der Waals surface area contributed by atoms with Gasteiger partial charge in [-0.15, -0.1) is 0 Å². The van der Waals surface area contributed by atoms with Gasteiger partial charge in [0.2, 0.25) is 0 Å². The lowest BCUT2D eigenvalue weighted by Gasteiger charge is -2.05. The van der Waals surface area contributed by atoms with Crippen molar-refractivity contribution in [1.82, 2.24) is 0 Å². The highest BCUT2D eigenvalue weighted by molar-refractivity contribution is 4.52. The summed E-state index contributed by atoms with van der Waals surface area (Å²) in [5, 5.41) is 0. The van der Waals surface area contributed by atoms with E-state index in [0.29, 0.717) is 0 Å². The van der Waals surface area contributed by atoms with Gasteiger partial charge in [-0.2, -0.15) is 0 Å². The van der Waals surface area contributed by atoms with Crippen LogP contribution in [0.5, 0.6) is 0 Å². The molecule has 0 N–H and O–H groups in total. The predicted octanol–water partition coefficient (Wildman–Crippen LogP) is 7.41. The van der Waals surface area contributed by atoms with E-state index in [1.165, 1.54) is 122 Å². The molecule has 0 radical (unpaired) electrons. The van der Waals surface area contributed by atoms with Crippen LogP contribution in [0.2, 0.25) is 0 Å². The van der Waals surface area contributed by atoms with Crippen molar-refractivity contribution in [3.8, 4) is 0 Å². The molecule has 0 unspecified atom stereocenters. The molecule has 5 rings (SSSR count). The fraction of sp³-hybridized carbons (Fsp3) is 1.00. The zero-order valence-corrected chi connectivity index (χ0v) is 13.4. The van der Waals surface area contributed by atoms with E-state index in [2.05, 4.69) is 0 Å². The Morgan fingerprint density at radius 2 is 0.158 bits per heavy atom. The molecule has 0 nitrogen and oxygen atoms in total. The van der Waals surface area contributed by atoms with Gasteiger partial charge in [0.05, 0.1) is 0 Å². The Balaban J connectivity index is 0.000000119. The average molecular weight is 267 g/mol. The summed E-state index contributed by atoms with van der Waals surface area (Å²) in [6, 6.07) is 0.